The van der Waals surface area contributed by atoms with Crippen LogP contribution in [0.3, 0.4) is 0 Å². The highest BCUT2D eigenvalue weighted by Crippen LogP contribution is 2.33. The molecule has 1 aliphatic rings. The van der Waals surface area contributed by atoms with E-state index in [1.165, 1.54) is 41.5 Å². The SMILES string of the molecule is CC(C)(C)c1cc(N)c(CN2CCCC2)cc1Br. The molecule has 0 saturated carbocycles. The molecule has 0 bridgehead atoms. The highest BCUT2D eigenvalue weighted by Gasteiger charge is 2.20. The van der Waals surface area contributed by atoms with Crippen molar-refractivity contribution < 1.29 is 0 Å². The van der Waals surface area contributed by atoms with Crippen LogP contribution in [0, 0.1) is 0 Å². The van der Waals surface area contributed by atoms with Crippen molar-refractivity contribution in [2.45, 2.75) is 45.6 Å². The highest BCUT2D eigenvalue weighted by atomic mass is 79.9. The van der Waals surface area contributed by atoms with Crippen LogP contribution in [0.25, 0.3) is 0 Å². The summed E-state index contributed by atoms with van der Waals surface area (Å²) in [6.45, 7) is 10.0. The fourth-order valence-electron chi connectivity index (χ4n) is 2.52. The Morgan fingerprint density at radius 2 is 1.83 bits per heavy atom. The number of hydrogen-bond donors (Lipinski definition) is 1. The lowest BCUT2D eigenvalue weighted by Crippen LogP contribution is -2.20. The van der Waals surface area contributed by atoms with E-state index in [1.54, 1.807) is 0 Å². The number of nitrogen functional groups attached to an aromatic ring is 1. The predicted octanol–water partition coefficient (Wildman–Crippen LogP) is 3.92. The van der Waals surface area contributed by atoms with Crippen molar-refractivity contribution in [2.24, 2.45) is 0 Å². The van der Waals surface area contributed by atoms with Gasteiger partial charge in [-0.15, -0.1) is 0 Å². The van der Waals surface area contributed by atoms with E-state index in [-0.39, 0.29) is 5.41 Å². The summed E-state index contributed by atoms with van der Waals surface area (Å²) >= 11 is 3.69. The van der Waals surface area contributed by atoms with Gasteiger partial charge < -0.3 is 5.73 Å². The van der Waals surface area contributed by atoms with Gasteiger partial charge in [-0.1, -0.05) is 36.7 Å². The minimum Gasteiger partial charge on any atom is -0.398 e. The van der Waals surface area contributed by atoms with Gasteiger partial charge in [0.2, 0.25) is 0 Å². The second kappa shape index (κ2) is 5.22. The minimum atomic E-state index is 0.124. The number of benzene rings is 1. The molecule has 1 aromatic carbocycles. The Kier molecular flexibility index (Phi) is 4.02. The molecular formula is C15H23BrN2. The van der Waals surface area contributed by atoms with Gasteiger partial charge in [-0.05, 0) is 54.6 Å². The van der Waals surface area contributed by atoms with Crippen molar-refractivity contribution in [3.63, 3.8) is 0 Å². The monoisotopic (exact) mass is 310 g/mol. The first-order chi connectivity index (χ1) is 8.38. The molecule has 2 N–H and O–H groups in total. The smallest absolute Gasteiger partial charge is 0.0363 e. The molecule has 100 valence electrons. The standard InChI is InChI=1S/C15H23BrN2/c1-15(2,3)12-9-14(17)11(8-13(12)16)10-18-6-4-5-7-18/h8-9H,4-7,10,17H2,1-3H3. The number of nitrogens with two attached hydrogens (primary N) is 1. The molecule has 1 aromatic rings. The third-order valence-electron chi connectivity index (χ3n) is 3.63. The van der Waals surface area contributed by atoms with Gasteiger partial charge in [-0.3, -0.25) is 4.90 Å². The summed E-state index contributed by atoms with van der Waals surface area (Å²) in [6, 6.07) is 4.34. The molecule has 2 nitrogen and oxygen atoms in total. The Hall–Kier alpha value is -0.540. The summed E-state index contributed by atoms with van der Waals surface area (Å²) in [4.78, 5) is 2.48. The van der Waals surface area contributed by atoms with Crippen LogP contribution in [0.15, 0.2) is 16.6 Å². The van der Waals surface area contributed by atoms with E-state index < -0.39 is 0 Å². The van der Waals surface area contributed by atoms with Crippen molar-refractivity contribution in [1.82, 2.24) is 4.90 Å². The molecule has 0 amide bonds. The summed E-state index contributed by atoms with van der Waals surface area (Å²) in [6.07, 6.45) is 2.64. The van der Waals surface area contributed by atoms with Gasteiger partial charge in [0.1, 0.15) is 0 Å². The first-order valence-electron chi connectivity index (χ1n) is 6.68. The summed E-state index contributed by atoms with van der Waals surface area (Å²) in [5.74, 6) is 0. The quantitative estimate of drug-likeness (QED) is 0.839. The average molecular weight is 311 g/mol. The van der Waals surface area contributed by atoms with E-state index in [0.29, 0.717) is 0 Å². The lowest BCUT2D eigenvalue weighted by molar-refractivity contribution is 0.332. The van der Waals surface area contributed by atoms with E-state index in [9.17, 15) is 0 Å². The van der Waals surface area contributed by atoms with Crippen molar-refractivity contribution in [3.05, 3.63) is 27.7 Å². The number of rotatable bonds is 2. The van der Waals surface area contributed by atoms with Crippen LogP contribution in [-0.4, -0.2) is 18.0 Å². The summed E-state index contributed by atoms with van der Waals surface area (Å²) < 4.78 is 1.18. The number of nitrogens with zero attached hydrogens (tertiary/aromatic N) is 1. The predicted molar refractivity (Wildman–Crippen MR) is 81.8 cm³/mol. The second-order valence-corrected chi connectivity index (χ2v) is 7.12. The van der Waals surface area contributed by atoms with Crippen molar-refractivity contribution in [1.29, 1.82) is 0 Å². The molecule has 0 aliphatic carbocycles. The molecule has 18 heavy (non-hydrogen) atoms. The zero-order chi connectivity index (χ0) is 13.3. The minimum absolute atomic E-state index is 0.124. The Morgan fingerprint density at radius 3 is 2.39 bits per heavy atom. The molecule has 0 atom stereocenters. The molecule has 0 aromatic heterocycles. The van der Waals surface area contributed by atoms with Gasteiger partial charge in [0.05, 0.1) is 0 Å². The topological polar surface area (TPSA) is 29.3 Å². The van der Waals surface area contributed by atoms with Gasteiger partial charge in [-0.25, -0.2) is 0 Å². The maximum atomic E-state index is 6.22. The van der Waals surface area contributed by atoms with E-state index >= 15 is 0 Å². The van der Waals surface area contributed by atoms with Crippen molar-refractivity contribution in [3.8, 4) is 0 Å². The zero-order valence-corrected chi connectivity index (χ0v) is 13.2. The Balaban J connectivity index is 2.25. The molecule has 0 unspecified atom stereocenters. The van der Waals surface area contributed by atoms with Gasteiger partial charge >= 0.3 is 0 Å². The maximum Gasteiger partial charge on any atom is 0.0363 e. The zero-order valence-electron chi connectivity index (χ0n) is 11.6. The van der Waals surface area contributed by atoms with Crippen LogP contribution in [0.2, 0.25) is 0 Å². The number of halogens is 1. The number of hydrogen-bond acceptors (Lipinski definition) is 2. The summed E-state index contributed by atoms with van der Waals surface area (Å²) in [5.41, 5.74) is 9.80. The van der Waals surface area contributed by atoms with Crippen LogP contribution in [0.1, 0.15) is 44.7 Å². The molecule has 0 spiro atoms. The fourth-order valence-corrected chi connectivity index (χ4v) is 3.51. The highest BCUT2D eigenvalue weighted by molar-refractivity contribution is 9.10. The third-order valence-corrected chi connectivity index (χ3v) is 4.29. The first kappa shape index (κ1) is 13.9. The van der Waals surface area contributed by atoms with E-state index in [2.05, 4.69) is 53.7 Å². The summed E-state index contributed by atoms with van der Waals surface area (Å²) in [5, 5.41) is 0. The normalized spacial score (nSPS) is 17.3. The largest absolute Gasteiger partial charge is 0.398 e. The van der Waals surface area contributed by atoms with E-state index in [4.69, 9.17) is 5.73 Å². The molecule has 0 radical (unpaired) electrons. The van der Waals surface area contributed by atoms with E-state index in [1.807, 2.05) is 0 Å². The van der Waals surface area contributed by atoms with E-state index in [0.717, 1.165) is 12.2 Å². The van der Waals surface area contributed by atoms with Gasteiger partial charge in [-0.2, -0.15) is 0 Å². The van der Waals surface area contributed by atoms with Crippen LogP contribution in [0.4, 0.5) is 5.69 Å². The Bertz CT molecular complexity index is 429. The molecule has 3 heteroatoms. The third kappa shape index (κ3) is 3.07. The van der Waals surface area contributed by atoms with Gasteiger partial charge in [0.15, 0.2) is 0 Å². The molecule has 1 aliphatic heterocycles. The lowest BCUT2D eigenvalue weighted by Gasteiger charge is -2.24. The van der Waals surface area contributed by atoms with Crippen LogP contribution in [-0.2, 0) is 12.0 Å². The molecule has 2 rings (SSSR count). The molecule has 1 saturated heterocycles. The maximum absolute atomic E-state index is 6.22. The van der Waals surface area contributed by atoms with Crippen LogP contribution >= 0.6 is 15.9 Å². The Morgan fingerprint density at radius 1 is 1.22 bits per heavy atom. The summed E-state index contributed by atoms with van der Waals surface area (Å²) in [7, 11) is 0. The first-order valence-corrected chi connectivity index (χ1v) is 7.48. The number of likely N-dealkylation sites (tertiary alicyclic amines) is 1. The van der Waals surface area contributed by atoms with Crippen LogP contribution < -0.4 is 5.73 Å². The van der Waals surface area contributed by atoms with Crippen LogP contribution in [0.5, 0.6) is 0 Å². The van der Waals surface area contributed by atoms with Gasteiger partial charge in [0, 0.05) is 16.7 Å². The average Bonchev–Trinajstić information content (AvgIpc) is 2.74. The molecule has 1 fully saturated rings. The Labute approximate surface area is 119 Å². The molecule has 1 heterocycles. The van der Waals surface area contributed by atoms with Crippen molar-refractivity contribution >= 4 is 21.6 Å². The lowest BCUT2D eigenvalue weighted by atomic mass is 9.86. The number of anilines is 1. The van der Waals surface area contributed by atoms with Crippen molar-refractivity contribution in [2.75, 3.05) is 18.8 Å². The second-order valence-electron chi connectivity index (χ2n) is 6.26. The fraction of sp³-hybridized carbons (Fsp3) is 0.600. The molecular weight excluding hydrogens is 288 g/mol. The van der Waals surface area contributed by atoms with Gasteiger partial charge in [0.25, 0.3) is 0 Å².